The Balaban J connectivity index is 0.000000296. The van der Waals surface area contributed by atoms with Gasteiger partial charge in [-0.05, 0) is 74.0 Å². The number of piperazine rings is 1. The van der Waals surface area contributed by atoms with Crippen LogP contribution in [0.3, 0.4) is 0 Å². The van der Waals surface area contributed by atoms with Gasteiger partial charge in [0.15, 0.2) is 11.5 Å². The lowest BCUT2D eigenvalue weighted by atomic mass is 10.1. The van der Waals surface area contributed by atoms with Crippen molar-refractivity contribution in [2.24, 2.45) is 5.73 Å². The Kier molecular flexibility index (Phi) is 10.8. The molecule has 1 fully saturated rings. The first-order valence-corrected chi connectivity index (χ1v) is 14.5. The largest absolute Gasteiger partial charge is 0.504 e. The quantitative estimate of drug-likeness (QED) is 0.275. The number of phenolic OH excluding ortho intramolecular Hbond substituents is 2. The number of nitrogens with zero attached hydrogens (tertiary/aromatic N) is 3. The van der Waals surface area contributed by atoms with Gasteiger partial charge in [0, 0.05) is 49.1 Å². The number of fused-ring (bicyclic) bond motifs is 2. The zero-order chi connectivity index (χ0) is 29.4. The van der Waals surface area contributed by atoms with Gasteiger partial charge in [-0.3, -0.25) is 4.90 Å². The van der Waals surface area contributed by atoms with E-state index in [-0.39, 0.29) is 18.1 Å². The molecule has 2 aliphatic heterocycles. The van der Waals surface area contributed by atoms with Crippen molar-refractivity contribution in [2.75, 3.05) is 63.9 Å². The van der Waals surface area contributed by atoms with E-state index in [0.717, 1.165) is 60.2 Å². The molecule has 1 saturated heterocycles. The molecule has 2 aliphatic rings. The molecule has 3 aromatic rings. The van der Waals surface area contributed by atoms with Crippen molar-refractivity contribution in [2.45, 2.75) is 28.8 Å². The van der Waals surface area contributed by atoms with Gasteiger partial charge in [0.25, 0.3) is 0 Å². The SMILES string of the molecule is NCCc1ccc(O)c(O)c1.OCCN1CCN(CCCN2c3ccccc3Sc3ccc(C(F)(F)F)cc32)CC1. The van der Waals surface area contributed by atoms with Crippen molar-refractivity contribution in [1.29, 1.82) is 0 Å². The van der Waals surface area contributed by atoms with Gasteiger partial charge in [0.05, 0.1) is 23.5 Å². The number of nitrogens with two attached hydrogens (primary N) is 1. The van der Waals surface area contributed by atoms with Gasteiger partial charge in [0.1, 0.15) is 0 Å². The molecule has 0 aliphatic carbocycles. The second-order valence-corrected chi connectivity index (χ2v) is 11.1. The first-order valence-electron chi connectivity index (χ1n) is 13.7. The van der Waals surface area contributed by atoms with Crippen LogP contribution in [-0.2, 0) is 12.6 Å². The predicted octanol–water partition coefficient (Wildman–Crippen LogP) is 4.91. The fourth-order valence-electron chi connectivity index (χ4n) is 4.97. The van der Waals surface area contributed by atoms with Crippen molar-refractivity contribution in [3.05, 3.63) is 71.8 Å². The molecule has 5 rings (SSSR count). The lowest BCUT2D eigenvalue weighted by Crippen LogP contribution is -2.47. The minimum atomic E-state index is -4.35. The van der Waals surface area contributed by atoms with Crippen LogP contribution in [0.1, 0.15) is 17.5 Å². The smallest absolute Gasteiger partial charge is 0.416 e. The highest BCUT2D eigenvalue weighted by Gasteiger charge is 2.33. The number of anilines is 2. The average Bonchev–Trinajstić information content (AvgIpc) is 2.95. The molecule has 7 nitrogen and oxygen atoms in total. The van der Waals surface area contributed by atoms with Crippen LogP contribution in [-0.4, -0.2) is 84.1 Å². The van der Waals surface area contributed by atoms with Gasteiger partial charge in [-0.1, -0.05) is 30.0 Å². The highest BCUT2D eigenvalue weighted by Crippen LogP contribution is 2.49. The van der Waals surface area contributed by atoms with Gasteiger partial charge in [-0.2, -0.15) is 13.2 Å². The molecule has 5 N–H and O–H groups in total. The molecule has 0 saturated carbocycles. The van der Waals surface area contributed by atoms with Crippen LogP contribution in [0.4, 0.5) is 24.5 Å². The summed E-state index contributed by atoms with van der Waals surface area (Å²) in [6.45, 7) is 6.84. The third kappa shape index (κ3) is 8.30. The maximum absolute atomic E-state index is 13.3. The number of alkyl halides is 3. The van der Waals surface area contributed by atoms with Gasteiger partial charge in [0.2, 0.25) is 0 Å². The van der Waals surface area contributed by atoms with Crippen molar-refractivity contribution in [1.82, 2.24) is 9.80 Å². The maximum atomic E-state index is 13.3. The number of halogens is 3. The number of para-hydroxylation sites is 1. The van der Waals surface area contributed by atoms with Crippen molar-refractivity contribution < 1.29 is 28.5 Å². The number of benzene rings is 3. The lowest BCUT2D eigenvalue weighted by molar-refractivity contribution is -0.137. The molecule has 0 spiro atoms. The van der Waals surface area contributed by atoms with Gasteiger partial charge >= 0.3 is 6.18 Å². The molecule has 0 amide bonds. The number of rotatable bonds is 8. The number of phenols is 2. The number of aliphatic hydroxyl groups is 1. The zero-order valence-corrected chi connectivity index (χ0v) is 23.7. The van der Waals surface area contributed by atoms with Gasteiger partial charge in [-0.15, -0.1) is 0 Å². The van der Waals surface area contributed by atoms with Crippen LogP contribution in [0.2, 0.25) is 0 Å². The predicted molar refractivity (Wildman–Crippen MR) is 156 cm³/mol. The van der Waals surface area contributed by atoms with Crippen LogP contribution < -0.4 is 10.6 Å². The summed E-state index contributed by atoms with van der Waals surface area (Å²) in [5.41, 5.74) is 7.25. The molecular weight excluding hydrogens is 553 g/mol. The van der Waals surface area contributed by atoms with Gasteiger partial charge in [-0.25, -0.2) is 0 Å². The second-order valence-electron chi connectivity index (χ2n) is 10.0. The molecule has 41 heavy (non-hydrogen) atoms. The molecule has 0 bridgehead atoms. The van der Waals surface area contributed by atoms with E-state index in [4.69, 9.17) is 21.1 Å². The number of hydrogen-bond donors (Lipinski definition) is 4. The Bertz CT molecular complexity index is 1290. The number of hydrogen-bond acceptors (Lipinski definition) is 8. The Morgan fingerprint density at radius 2 is 1.46 bits per heavy atom. The lowest BCUT2D eigenvalue weighted by Gasteiger charge is -2.36. The summed E-state index contributed by atoms with van der Waals surface area (Å²) in [4.78, 5) is 8.62. The van der Waals surface area contributed by atoms with E-state index in [2.05, 4.69) is 9.80 Å². The van der Waals surface area contributed by atoms with Crippen LogP contribution in [0.15, 0.2) is 70.5 Å². The summed E-state index contributed by atoms with van der Waals surface area (Å²) >= 11 is 1.53. The fourth-order valence-corrected chi connectivity index (χ4v) is 6.04. The van der Waals surface area contributed by atoms with E-state index in [0.29, 0.717) is 31.7 Å². The Morgan fingerprint density at radius 1 is 0.780 bits per heavy atom. The molecule has 2 heterocycles. The normalized spacial score (nSPS) is 15.6. The minimum absolute atomic E-state index is 0.0871. The van der Waals surface area contributed by atoms with Crippen molar-refractivity contribution in [3.8, 4) is 11.5 Å². The minimum Gasteiger partial charge on any atom is -0.504 e. The Labute approximate surface area is 243 Å². The molecule has 0 atom stereocenters. The maximum Gasteiger partial charge on any atom is 0.416 e. The molecule has 3 aromatic carbocycles. The monoisotopic (exact) mass is 590 g/mol. The fraction of sp³-hybridized carbons (Fsp3) is 0.400. The zero-order valence-electron chi connectivity index (χ0n) is 22.9. The molecule has 0 unspecified atom stereocenters. The summed E-state index contributed by atoms with van der Waals surface area (Å²) < 4.78 is 39.9. The molecule has 11 heteroatoms. The van der Waals surface area contributed by atoms with Crippen molar-refractivity contribution in [3.63, 3.8) is 0 Å². The van der Waals surface area contributed by atoms with E-state index >= 15 is 0 Å². The summed E-state index contributed by atoms with van der Waals surface area (Å²) in [7, 11) is 0. The Morgan fingerprint density at radius 3 is 2.12 bits per heavy atom. The van der Waals surface area contributed by atoms with E-state index in [1.54, 1.807) is 12.1 Å². The van der Waals surface area contributed by atoms with Gasteiger partial charge < -0.3 is 30.9 Å². The third-order valence-corrected chi connectivity index (χ3v) is 8.29. The van der Waals surface area contributed by atoms with Crippen LogP contribution in [0.25, 0.3) is 0 Å². The van der Waals surface area contributed by atoms with Crippen LogP contribution in [0.5, 0.6) is 11.5 Å². The highest BCUT2D eigenvalue weighted by molar-refractivity contribution is 7.99. The summed E-state index contributed by atoms with van der Waals surface area (Å²) in [6.07, 6.45) is -2.76. The van der Waals surface area contributed by atoms with E-state index < -0.39 is 11.7 Å². The summed E-state index contributed by atoms with van der Waals surface area (Å²) in [5.74, 6) is -0.179. The first-order chi connectivity index (χ1) is 19.7. The van der Waals surface area contributed by atoms with E-state index in [1.165, 1.54) is 36.0 Å². The topological polar surface area (TPSA) is 96.4 Å². The Hall–Kier alpha value is -2.96. The third-order valence-electron chi connectivity index (χ3n) is 7.16. The first kappa shape index (κ1) is 31.0. The standard InChI is InChI=1S/C22H26F3N3OS.C8H11NO2/c23-22(24,25)17-6-7-21-19(16-17)28(18-4-1-2-5-20(18)30-21)9-3-8-26-10-12-27(13-11-26)14-15-29;9-4-3-6-1-2-7(10)8(11)5-6/h1-2,4-7,16,29H,3,8-15H2;1-2,5,10-11H,3-4,9H2. The van der Waals surface area contributed by atoms with Crippen LogP contribution >= 0.6 is 11.8 Å². The summed E-state index contributed by atoms with van der Waals surface area (Å²) in [5, 5.41) is 27.0. The molecule has 0 radical (unpaired) electrons. The van der Waals surface area contributed by atoms with E-state index in [9.17, 15) is 13.2 Å². The molecule has 222 valence electrons. The van der Waals surface area contributed by atoms with E-state index in [1.807, 2.05) is 29.2 Å². The summed E-state index contributed by atoms with van der Waals surface area (Å²) in [6, 6.07) is 16.7. The number of aromatic hydroxyl groups is 2. The number of β-amino-alcohol motifs (C(OH)–C–C–N with tert-alkyl or cyclic N) is 1. The molecule has 0 aromatic heterocycles. The number of aliphatic hydroxyl groups excluding tert-OH is 1. The van der Waals surface area contributed by atoms with Crippen LogP contribution in [0, 0.1) is 0 Å². The highest BCUT2D eigenvalue weighted by atomic mass is 32.2. The van der Waals surface area contributed by atoms with Crippen molar-refractivity contribution >= 4 is 23.1 Å². The second kappa shape index (κ2) is 14.3. The molecular formula is C30H37F3N4O3S. The average molecular weight is 591 g/mol.